The van der Waals surface area contributed by atoms with Crippen molar-refractivity contribution < 1.29 is 14.6 Å². The number of aromatic hydroxyl groups is 1. The molecule has 1 heterocycles. The number of rotatable bonds is 3. The van der Waals surface area contributed by atoms with Gasteiger partial charge in [0, 0.05) is 17.0 Å². The van der Waals surface area contributed by atoms with Crippen molar-refractivity contribution in [3.05, 3.63) is 41.2 Å². The van der Waals surface area contributed by atoms with E-state index in [-0.39, 0.29) is 11.7 Å². The van der Waals surface area contributed by atoms with Crippen LogP contribution in [0, 0.1) is 13.8 Å². The first-order chi connectivity index (χ1) is 9.49. The molecule has 0 aliphatic heterocycles. The van der Waals surface area contributed by atoms with Crippen LogP contribution in [0.25, 0.3) is 0 Å². The van der Waals surface area contributed by atoms with Crippen LogP contribution in [0.3, 0.4) is 0 Å². The number of hydrogen-bond donors (Lipinski definition) is 2. The molecule has 104 valence electrons. The Kier molecular flexibility index (Phi) is 3.84. The number of aromatic nitrogens is 2. The lowest BCUT2D eigenvalue weighted by molar-refractivity contribution is 0.102. The van der Waals surface area contributed by atoms with E-state index >= 15 is 0 Å². The number of carbonyl (C=O) groups excluding carboxylic acids is 1. The van der Waals surface area contributed by atoms with E-state index in [4.69, 9.17) is 4.74 Å². The second-order valence-corrected chi connectivity index (χ2v) is 4.32. The van der Waals surface area contributed by atoms with Crippen LogP contribution in [-0.4, -0.2) is 28.1 Å². The smallest absolute Gasteiger partial charge is 0.258 e. The number of benzene rings is 1. The number of hydrogen-bond acceptors (Lipinski definition) is 5. The Morgan fingerprint density at radius 1 is 1.20 bits per heavy atom. The molecule has 6 nitrogen and oxygen atoms in total. The molecule has 0 saturated carbocycles. The summed E-state index contributed by atoms with van der Waals surface area (Å²) in [5.74, 6) is 0.0569. The third-order valence-corrected chi connectivity index (χ3v) is 2.65. The second-order valence-electron chi connectivity index (χ2n) is 4.32. The number of phenols is 1. The average molecular weight is 273 g/mol. The zero-order valence-corrected chi connectivity index (χ0v) is 11.5. The van der Waals surface area contributed by atoms with E-state index in [0.717, 1.165) is 11.4 Å². The molecule has 0 aliphatic rings. The zero-order valence-electron chi connectivity index (χ0n) is 11.5. The minimum absolute atomic E-state index is 0.0958. The minimum atomic E-state index is -0.395. The first-order valence-electron chi connectivity index (χ1n) is 6.00. The molecular weight excluding hydrogens is 258 g/mol. The van der Waals surface area contributed by atoms with Crippen molar-refractivity contribution in [2.45, 2.75) is 13.8 Å². The number of ether oxygens (including phenoxy) is 1. The minimum Gasteiger partial charge on any atom is -0.504 e. The largest absolute Gasteiger partial charge is 0.504 e. The van der Waals surface area contributed by atoms with Crippen LogP contribution in [-0.2, 0) is 0 Å². The van der Waals surface area contributed by atoms with E-state index in [1.165, 1.54) is 19.2 Å². The molecular formula is C14H15N3O3. The van der Waals surface area contributed by atoms with Crippen LogP contribution >= 0.6 is 0 Å². The van der Waals surface area contributed by atoms with Gasteiger partial charge in [-0.1, -0.05) is 0 Å². The van der Waals surface area contributed by atoms with Crippen molar-refractivity contribution in [1.29, 1.82) is 0 Å². The molecule has 20 heavy (non-hydrogen) atoms. The van der Waals surface area contributed by atoms with Crippen molar-refractivity contribution in [2.24, 2.45) is 0 Å². The molecule has 2 aromatic rings. The second kappa shape index (κ2) is 5.56. The van der Waals surface area contributed by atoms with Gasteiger partial charge in [-0.2, -0.15) is 0 Å². The number of aryl methyl sites for hydroxylation is 2. The molecule has 0 saturated heterocycles. The first kappa shape index (κ1) is 13.8. The Morgan fingerprint density at radius 2 is 1.85 bits per heavy atom. The summed E-state index contributed by atoms with van der Waals surface area (Å²) in [6.45, 7) is 3.65. The fourth-order valence-electron chi connectivity index (χ4n) is 1.79. The molecule has 0 spiro atoms. The van der Waals surface area contributed by atoms with E-state index in [9.17, 15) is 9.90 Å². The Bertz CT molecular complexity index is 636. The summed E-state index contributed by atoms with van der Waals surface area (Å²) in [5.41, 5.74) is 1.84. The van der Waals surface area contributed by atoms with E-state index < -0.39 is 5.91 Å². The van der Waals surface area contributed by atoms with Crippen LogP contribution in [0.2, 0.25) is 0 Å². The maximum absolute atomic E-state index is 12.0. The molecule has 0 bridgehead atoms. The lowest BCUT2D eigenvalue weighted by atomic mass is 10.2. The zero-order chi connectivity index (χ0) is 14.7. The van der Waals surface area contributed by atoms with Crippen molar-refractivity contribution in [3.8, 4) is 11.5 Å². The fraction of sp³-hybridized carbons (Fsp3) is 0.214. The van der Waals surface area contributed by atoms with Crippen LogP contribution in [0.1, 0.15) is 21.7 Å². The monoisotopic (exact) mass is 273 g/mol. The summed E-state index contributed by atoms with van der Waals surface area (Å²) in [4.78, 5) is 20.3. The molecule has 6 heteroatoms. The molecule has 0 radical (unpaired) electrons. The summed E-state index contributed by atoms with van der Waals surface area (Å²) in [6, 6.07) is 6.22. The number of nitrogens with zero attached hydrogens (tertiary/aromatic N) is 2. The third-order valence-electron chi connectivity index (χ3n) is 2.65. The van der Waals surface area contributed by atoms with Crippen molar-refractivity contribution in [2.75, 3.05) is 12.4 Å². The number of methoxy groups -OCH3 is 1. The van der Waals surface area contributed by atoms with Gasteiger partial charge in [0.1, 0.15) is 0 Å². The molecule has 2 N–H and O–H groups in total. The maximum Gasteiger partial charge on any atom is 0.258 e. The third kappa shape index (κ3) is 3.03. The van der Waals surface area contributed by atoms with Crippen molar-refractivity contribution >= 4 is 11.9 Å². The van der Waals surface area contributed by atoms with Gasteiger partial charge in [0.05, 0.1) is 7.11 Å². The van der Waals surface area contributed by atoms with Crippen LogP contribution in [0.4, 0.5) is 5.95 Å². The summed E-state index contributed by atoms with van der Waals surface area (Å²) in [7, 11) is 1.44. The summed E-state index contributed by atoms with van der Waals surface area (Å²) >= 11 is 0. The predicted octanol–water partition coefficient (Wildman–Crippen LogP) is 2.06. The van der Waals surface area contributed by atoms with E-state index in [1.54, 1.807) is 6.07 Å². The van der Waals surface area contributed by atoms with Crippen LogP contribution in [0.5, 0.6) is 11.5 Å². The van der Waals surface area contributed by atoms with Crippen LogP contribution in [0.15, 0.2) is 24.3 Å². The molecule has 0 aliphatic carbocycles. The number of phenolic OH excluding ortho intramolecular Hbond substituents is 1. The molecule has 1 aromatic heterocycles. The van der Waals surface area contributed by atoms with E-state index in [1.807, 2.05) is 19.9 Å². The Hall–Kier alpha value is -2.63. The van der Waals surface area contributed by atoms with Gasteiger partial charge in [-0.05, 0) is 38.1 Å². The highest BCUT2D eigenvalue weighted by atomic mass is 16.5. The van der Waals surface area contributed by atoms with Gasteiger partial charge < -0.3 is 9.84 Å². The predicted molar refractivity (Wildman–Crippen MR) is 74.1 cm³/mol. The Morgan fingerprint density at radius 3 is 2.40 bits per heavy atom. The maximum atomic E-state index is 12.0. The first-order valence-corrected chi connectivity index (χ1v) is 6.00. The quantitative estimate of drug-likeness (QED) is 0.894. The highest BCUT2D eigenvalue weighted by Gasteiger charge is 2.11. The average Bonchev–Trinajstić information content (AvgIpc) is 2.37. The molecule has 1 aromatic carbocycles. The van der Waals surface area contributed by atoms with Gasteiger partial charge in [0.25, 0.3) is 5.91 Å². The molecule has 2 rings (SSSR count). The fourth-order valence-corrected chi connectivity index (χ4v) is 1.79. The highest BCUT2D eigenvalue weighted by molar-refractivity contribution is 6.03. The molecule has 0 fully saturated rings. The number of nitrogens with one attached hydrogen (secondary N) is 1. The van der Waals surface area contributed by atoms with Gasteiger partial charge >= 0.3 is 0 Å². The van der Waals surface area contributed by atoms with Gasteiger partial charge in [-0.3, -0.25) is 10.1 Å². The Labute approximate surface area is 116 Å². The molecule has 0 unspecified atom stereocenters. The van der Waals surface area contributed by atoms with Crippen LogP contribution < -0.4 is 10.1 Å². The molecule has 1 amide bonds. The number of amides is 1. The lowest BCUT2D eigenvalue weighted by Crippen LogP contribution is -2.14. The Balaban J connectivity index is 2.21. The van der Waals surface area contributed by atoms with E-state index in [0.29, 0.717) is 11.3 Å². The molecule has 0 atom stereocenters. The number of carbonyl (C=O) groups is 1. The summed E-state index contributed by atoms with van der Waals surface area (Å²) in [5, 5.41) is 12.2. The standard InChI is InChI=1S/C14H15N3O3/c1-8-6-9(2)16-14(15-8)17-13(19)10-4-5-12(20-3)11(18)7-10/h4-7,18H,1-3H3,(H,15,16,17,19). The number of anilines is 1. The summed E-state index contributed by atoms with van der Waals surface area (Å²) in [6.07, 6.45) is 0. The topological polar surface area (TPSA) is 84.3 Å². The summed E-state index contributed by atoms with van der Waals surface area (Å²) < 4.78 is 4.92. The van der Waals surface area contributed by atoms with Crippen molar-refractivity contribution in [1.82, 2.24) is 9.97 Å². The van der Waals surface area contributed by atoms with Gasteiger partial charge in [0.15, 0.2) is 11.5 Å². The van der Waals surface area contributed by atoms with Gasteiger partial charge in [0.2, 0.25) is 5.95 Å². The van der Waals surface area contributed by atoms with E-state index in [2.05, 4.69) is 15.3 Å². The van der Waals surface area contributed by atoms with Crippen molar-refractivity contribution in [3.63, 3.8) is 0 Å². The highest BCUT2D eigenvalue weighted by Crippen LogP contribution is 2.26. The van der Waals surface area contributed by atoms with Gasteiger partial charge in [-0.15, -0.1) is 0 Å². The lowest BCUT2D eigenvalue weighted by Gasteiger charge is -2.07. The van der Waals surface area contributed by atoms with Gasteiger partial charge in [-0.25, -0.2) is 9.97 Å². The SMILES string of the molecule is COc1ccc(C(=O)Nc2nc(C)cc(C)n2)cc1O. The normalized spacial score (nSPS) is 10.2.